The smallest absolute Gasteiger partial charge is 0.870 e. The fourth-order valence-corrected chi connectivity index (χ4v) is 12.0. The Morgan fingerprint density at radius 1 is 0.528 bits per heavy atom. The van der Waals surface area contributed by atoms with Gasteiger partial charge in [0.25, 0.3) is 5.91 Å². The summed E-state index contributed by atoms with van der Waals surface area (Å²) in [5.74, 6) is 2.22. The maximum Gasteiger partial charge on any atom is 1.00 e. The molecule has 6 heterocycles. The number of hydrogen-bond donors (Lipinski definition) is 5. The van der Waals surface area contributed by atoms with Gasteiger partial charge >= 0.3 is 59.8 Å². The van der Waals surface area contributed by atoms with Gasteiger partial charge in [-0.15, -0.1) is 0 Å². The number of anilines is 2. The molecular formula is C66H97N8NaO14. The van der Waals surface area contributed by atoms with Gasteiger partial charge in [0.1, 0.15) is 16.8 Å². The van der Waals surface area contributed by atoms with Crippen LogP contribution in [-0.2, 0) is 38.1 Å². The Morgan fingerprint density at radius 3 is 1.26 bits per heavy atom. The molecule has 6 fully saturated rings. The molecule has 0 bridgehead atoms. The number of ether oxygens (including phenoxy) is 5. The number of rotatable bonds is 8. The zero-order valence-corrected chi connectivity index (χ0v) is 56.8. The number of hydroxylamine groups is 1. The van der Waals surface area contributed by atoms with Gasteiger partial charge in [-0.2, -0.15) is 0 Å². The summed E-state index contributed by atoms with van der Waals surface area (Å²) in [7, 11) is 2.73. The van der Waals surface area contributed by atoms with Crippen LogP contribution in [0.15, 0.2) is 91.0 Å². The summed E-state index contributed by atoms with van der Waals surface area (Å²) >= 11 is 0. The Bertz CT molecular complexity index is 2760. The van der Waals surface area contributed by atoms with Crippen LogP contribution < -0.4 is 56.1 Å². The van der Waals surface area contributed by atoms with E-state index in [1.165, 1.54) is 32.4 Å². The molecule has 3 atom stereocenters. The number of nitrogens with two attached hydrogens (primary N) is 1. The average molecular weight is 1250 g/mol. The quantitative estimate of drug-likeness (QED) is 0.0374. The van der Waals surface area contributed by atoms with Gasteiger partial charge in [0.15, 0.2) is 0 Å². The number of para-hydroxylation sites is 2. The Morgan fingerprint density at radius 2 is 0.888 bits per heavy atom. The van der Waals surface area contributed by atoms with Crippen molar-refractivity contribution in [2.75, 3.05) is 82.9 Å². The largest absolute Gasteiger partial charge is 1.00 e. The van der Waals surface area contributed by atoms with Crippen LogP contribution in [0.4, 0.5) is 25.8 Å². The first-order valence-electron chi connectivity index (χ1n) is 30.0. The molecule has 0 radical (unpaired) electrons. The van der Waals surface area contributed by atoms with Crippen molar-refractivity contribution in [1.29, 1.82) is 0 Å². The third-order valence-corrected chi connectivity index (χ3v) is 16.0. The molecule has 0 aliphatic carbocycles. The molecule has 89 heavy (non-hydrogen) atoms. The van der Waals surface area contributed by atoms with Gasteiger partial charge < -0.3 is 64.2 Å². The summed E-state index contributed by atoms with van der Waals surface area (Å²) < 4.78 is 25.9. The first-order valence-corrected chi connectivity index (χ1v) is 30.0. The maximum absolute atomic E-state index is 12.8. The Labute approximate surface area is 548 Å². The zero-order chi connectivity index (χ0) is 64.2. The zero-order valence-electron chi connectivity index (χ0n) is 54.8. The first kappa shape index (κ1) is 76.7. The molecule has 3 aromatic carbocycles. The summed E-state index contributed by atoms with van der Waals surface area (Å²) in [5.41, 5.74) is 5.97. The normalized spacial score (nSPS) is 21.0. The van der Waals surface area contributed by atoms with Crippen LogP contribution in [0.5, 0.6) is 0 Å². The Hall–Kier alpha value is -6.50. The minimum atomic E-state index is -0.570. The van der Waals surface area contributed by atoms with Gasteiger partial charge in [-0.05, 0) is 186 Å². The molecule has 0 saturated carbocycles. The minimum absolute atomic E-state index is 0. The molecule has 6 aliphatic heterocycles. The Kier molecular flexibility index (Phi) is 29.9. The van der Waals surface area contributed by atoms with Crippen molar-refractivity contribution >= 4 is 65.7 Å². The number of nitrogens with zero attached hydrogens (tertiary/aromatic N) is 5. The van der Waals surface area contributed by atoms with Crippen molar-refractivity contribution in [1.82, 2.24) is 25.5 Å². The van der Waals surface area contributed by atoms with Crippen molar-refractivity contribution in [2.24, 2.45) is 5.90 Å². The van der Waals surface area contributed by atoms with Gasteiger partial charge in [-0.3, -0.25) is 10.0 Å². The molecule has 486 valence electrons. The topological polar surface area (TPSA) is 285 Å². The van der Waals surface area contributed by atoms with E-state index >= 15 is 0 Å². The van der Waals surface area contributed by atoms with Crippen molar-refractivity contribution in [3.8, 4) is 0 Å². The number of likely N-dealkylation sites (tertiary alicyclic amines) is 3. The molecule has 6 aliphatic rings. The predicted molar refractivity (Wildman–Crippen MR) is 339 cm³/mol. The van der Waals surface area contributed by atoms with E-state index in [0.717, 1.165) is 150 Å². The van der Waals surface area contributed by atoms with Crippen LogP contribution >= 0.6 is 0 Å². The SMILES string of the molecule is CC(C)(C)OC(=O)N1CCCC12CCN(c1ccccc1/C=C/C(=O)NO)C2.CC(C)(C)OC(=O)N1CCCC12CCNC2.COC(=O)/C=C/c1ccccc1C.COC(=O)/C=C/c1ccccc1N1CCC2(CCCN2C(=O)OC(C)(C)C)C1.NO.[Na+].[OH-]. The number of aryl methyl sites for hydroxylation is 1. The number of carbonyl (C=O) groups is 6. The van der Waals surface area contributed by atoms with Crippen molar-refractivity contribution in [2.45, 2.75) is 160 Å². The molecular weight excluding hydrogens is 1150 g/mol. The fourth-order valence-electron chi connectivity index (χ4n) is 12.0. The summed E-state index contributed by atoms with van der Waals surface area (Å²) in [6, 6.07) is 23.7. The van der Waals surface area contributed by atoms with Crippen LogP contribution in [0.2, 0.25) is 0 Å². The second kappa shape index (κ2) is 34.6. The van der Waals surface area contributed by atoms with E-state index in [0.29, 0.717) is 0 Å². The van der Waals surface area contributed by atoms with E-state index in [-0.39, 0.29) is 81.9 Å². The molecule has 7 N–H and O–H groups in total. The molecule has 3 unspecified atom stereocenters. The van der Waals surface area contributed by atoms with Gasteiger partial charge in [-0.1, -0.05) is 60.7 Å². The number of nitrogens with one attached hydrogen (secondary N) is 2. The maximum atomic E-state index is 12.8. The van der Waals surface area contributed by atoms with E-state index in [2.05, 4.69) is 31.8 Å². The first-order chi connectivity index (χ1) is 41.1. The number of carbonyl (C=O) groups excluding carboxylic acids is 6. The van der Waals surface area contributed by atoms with E-state index in [9.17, 15) is 28.8 Å². The number of hydrogen-bond acceptors (Lipinski definition) is 18. The van der Waals surface area contributed by atoms with Gasteiger partial charge in [0, 0.05) is 82.0 Å². The van der Waals surface area contributed by atoms with E-state index < -0.39 is 22.7 Å². The van der Waals surface area contributed by atoms with Crippen molar-refractivity contribution < 1.29 is 97.9 Å². The van der Waals surface area contributed by atoms with Crippen LogP contribution in [0, 0.1) is 6.92 Å². The van der Waals surface area contributed by atoms with Crippen LogP contribution in [0.1, 0.15) is 142 Å². The molecule has 0 aromatic heterocycles. The monoisotopic (exact) mass is 1250 g/mol. The number of amides is 4. The summed E-state index contributed by atoms with van der Waals surface area (Å²) in [4.78, 5) is 81.6. The van der Waals surface area contributed by atoms with Crippen LogP contribution in [0.25, 0.3) is 18.2 Å². The molecule has 4 amide bonds. The molecule has 9 rings (SSSR count). The molecule has 22 nitrogen and oxygen atoms in total. The summed E-state index contributed by atoms with van der Waals surface area (Å²) in [5, 5.41) is 18.5. The summed E-state index contributed by atoms with van der Waals surface area (Å²) in [6.45, 7) is 26.6. The number of esters is 2. The van der Waals surface area contributed by atoms with Gasteiger partial charge in [0.2, 0.25) is 0 Å². The molecule has 3 aromatic rings. The molecule has 23 heteroatoms. The van der Waals surface area contributed by atoms with Gasteiger partial charge in [0.05, 0.1) is 30.8 Å². The number of benzene rings is 3. The fraction of sp³-hybridized carbons (Fsp3) is 0.545. The van der Waals surface area contributed by atoms with Crippen LogP contribution in [0.3, 0.4) is 0 Å². The average Bonchev–Trinajstić information content (AvgIpc) is 2.59. The second-order valence-corrected chi connectivity index (χ2v) is 25.6. The molecule has 6 saturated heterocycles. The third-order valence-electron chi connectivity index (χ3n) is 16.0. The predicted octanol–water partition coefficient (Wildman–Crippen LogP) is 7.13. The third kappa shape index (κ3) is 22.1. The van der Waals surface area contributed by atoms with E-state index in [1.54, 1.807) is 23.7 Å². The Balaban J connectivity index is 0.000000318. The standard InChI is InChI=1S/C22H30N2O4.C21H29N3O4.C12H22N2O2.C11H12O2.H3NO.Na.H2O/c1-21(2,3)28-20(26)24-14-7-12-22(24)13-15-23(16-22)18-9-6-5-8-17(18)10-11-19(25)27-4;1-20(2,3)28-19(26)24-13-6-11-21(24)12-14-23(15-21)17-8-5-4-7-16(17)9-10-18(25)22-27;1-11(2,3)16-10(15)14-8-4-5-12(14)6-7-13-9-12;1-9-5-3-4-6-10(9)7-8-11(12)13-2;1-2;;/h5-6,8-11H,7,12-16H2,1-4H3;4-5,7-10,27H,6,11-15H2,1-3H3,(H,22,25);13H,4-9H2,1-3H3;3-8H,1-2H3;2H,1H2;;1H2/q;;;;;+1;/p-1/b11-10+;10-9+;;8-7+;;;. The molecule has 3 spiro atoms. The van der Waals surface area contributed by atoms with Gasteiger partial charge in [-0.25, -0.2) is 35.3 Å². The van der Waals surface area contributed by atoms with Crippen molar-refractivity contribution in [3.63, 3.8) is 0 Å². The van der Waals surface area contributed by atoms with E-state index in [1.807, 2.05) is 151 Å². The number of methoxy groups -OCH3 is 2. The second-order valence-electron chi connectivity index (χ2n) is 25.6. The summed E-state index contributed by atoms with van der Waals surface area (Å²) in [6.07, 6.45) is 17.8. The van der Waals surface area contributed by atoms with E-state index in [4.69, 9.17) is 29.4 Å². The minimum Gasteiger partial charge on any atom is -0.870 e. The van der Waals surface area contributed by atoms with Crippen LogP contribution in [-0.4, -0.2) is 173 Å². The van der Waals surface area contributed by atoms with Crippen molar-refractivity contribution in [3.05, 3.63) is 113 Å².